The summed E-state index contributed by atoms with van der Waals surface area (Å²) in [5, 5.41) is 1.44. The van der Waals surface area contributed by atoms with Gasteiger partial charge in [-0.2, -0.15) is 0 Å². The van der Waals surface area contributed by atoms with Crippen LogP contribution in [0.15, 0.2) is 17.5 Å². The summed E-state index contributed by atoms with van der Waals surface area (Å²) in [6, 6.07) is 2.54. The number of halogens is 3. The molecule has 0 saturated heterocycles. The van der Waals surface area contributed by atoms with E-state index >= 15 is 0 Å². The first-order valence-corrected chi connectivity index (χ1v) is 4.73. The molecule has 0 amide bonds. The van der Waals surface area contributed by atoms with Gasteiger partial charge < -0.3 is 0 Å². The van der Waals surface area contributed by atoms with Crippen LogP contribution in [0, 0.1) is 0 Å². The molecule has 0 fully saturated rings. The first-order chi connectivity index (χ1) is 4.11. The van der Waals surface area contributed by atoms with E-state index in [1.165, 1.54) is 11.4 Å². The van der Waals surface area contributed by atoms with Gasteiger partial charge in [-0.15, -0.1) is 11.3 Å². The summed E-state index contributed by atoms with van der Waals surface area (Å²) in [4.78, 5) is 0. The van der Waals surface area contributed by atoms with Crippen LogP contribution in [0.4, 0.5) is 12.3 Å². The fourth-order valence-corrected chi connectivity index (χ4v) is 1.92. The fourth-order valence-electron chi connectivity index (χ4n) is 0.440. The molecule has 0 bridgehead atoms. The zero-order valence-electron chi connectivity index (χ0n) is 4.27. The van der Waals surface area contributed by atoms with Crippen molar-refractivity contribution in [2.45, 2.75) is 0 Å². The van der Waals surface area contributed by atoms with E-state index in [-0.39, 0.29) is 0 Å². The minimum absolute atomic E-state index is 0.400. The summed E-state index contributed by atoms with van der Waals surface area (Å²) >= 11 is 0.767. The van der Waals surface area contributed by atoms with Crippen molar-refractivity contribution in [3.8, 4) is 0 Å². The van der Waals surface area contributed by atoms with Crippen molar-refractivity contribution in [1.29, 1.82) is 0 Å². The standard InChI is InChI=1S/C4H3F3SSi/c5-9(6,7)4-2-1-3-8-4/h1-3H. The Labute approximate surface area is 55.5 Å². The zero-order valence-corrected chi connectivity index (χ0v) is 6.09. The van der Waals surface area contributed by atoms with Crippen molar-refractivity contribution < 1.29 is 12.3 Å². The van der Waals surface area contributed by atoms with Gasteiger partial charge in [-0.1, -0.05) is 6.07 Å². The van der Waals surface area contributed by atoms with Crippen LogP contribution in [0.25, 0.3) is 0 Å². The average molecular weight is 168 g/mol. The zero-order chi connectivity index (χ0) is 6.91. The summed E-state index contributed by atoms with van der Waals surface area (Å²) in [6.45, 7) is 0. The van der Waals surface area contributed by atoms with E-state index in [2.05, 4.69) is 0 Å². The summed E-state index contributed by atoms with van der Waals surface area (Å²) in [7, 11) is -5.46. The lowest BCUT2D eigenvalue weighted by Crippen LogP contribution is -2.30. The third-order valence-electron chi connectivity index (χ3n) is 0.801. The first kappa shape index (κ1) is 6.82. The summed E-state index contributed by atoms with van der Waals surface area (Å²) in [6.07, 6.45) is 0. The Bertz CT molecular complexity index is 178. The lowest BCUT2D eigenvalue weighted by molar-refractivity contribution is 0.503. The molecule has 0 unspecified atom stereocenters. The Balaban J connectivity index is 2.90. The van der Waals surface area contributed by atoms with Gasteiger partial charge in [-0.3, -0.25) is 0 Å². The molecule has 0 aliphatic heterocycles. The average Bonchev–Trinajstić information content (AvgIpc) is 2.08. The number of rotatable bonds is 1. The molecule has 5 heteroatoms. The van der Waals surface area contributed by atoms with Gasteiger partial charge in [-0.25, -0.2) is 12.3 Å². The maximum atomic E-state index is 11.8. The van der Waals surface area contributed by atoms with Gasteiger partial charge >= 0.3 is 9.08 Å². The molecule has 0 saturated carbocycles. The molecule has 0 aromatic carbocycles. The van der Waals surface area contributed by atoms with E-state index in [0.717, 1.165) is 17.4 Å². The number of hydrogen-bond donors (Lipinski definition) is 0. The minimum Gasteiger partial charge on any atom is -0.234 e. The van der Waals surface area contributed by atoms with Crippen LogP contribution in [-0.2, 0) is 0 Å². The van der Waals surface area contributed by atoms with Crippen LogP contribution in [0.1, 0.15) is 0 Å². The monoisotopic (exact) mass is 168 g/mol. The van der Waals surface area contributed by atoms with Crippen molar-refractivity contribution in [1.82, 2.24) is 0 Å². The molecule has 1 rings (SSSR count). The van der Waals surface area contributed by atoms with Gasteiger partial charge in [0.25, 0.3) is 0 Å². The van der Waals surface area contributed by atoms with E-state index in [9.17, 15) is 12.3 Å². The Morgan fingerprint density at radius 2 is 2.00 bits per heavy atom. The highest BCUT2D eigenvalue weighted by Crippen LogP contribution is 2.11. The van der Waals surface area contributed by atoms with Gasteiger partial charge in [-0.05, 0) is 11.4 Å². The maximum Gasteiger partial charge on any atom is 0.663 e. The van der Waals surface area contributed by atoms with Crippen LogP contribution in [0.2, 0.25) is 0 Å². The molecule has 0 spiro atoms. The SMILES string of the molecule is F[Si](F)(F)c1cccs1. The van der Waals surface area contributed by atoms with E-state index in [0.29, 0.717) is 0 Å². The molecule has 1 aromatic rings. The normalized spacial score (nSPS) is 11.9. The van der Waals surface area contributed by atoms with Crippen LogP contribution < -0.4 is 4.50 Å². The molecule has 0 nitrogen and oxygen atoms in total. The molecule has 1 heterocycles. The highest BCUT2D eigenvalue weighted by molar-refractivity contribution is 7.22. The summed E-state index contributed by atoms with van der Waals surface area (Å²) < 4.78 is 34.9. The second-order valence-corrected chi connectivity index (χ2v) is 4.32. The third-order valence-corrected chi connectivity index (χ3v) is 3.26. The van der Waals surface area contributed by atoms with Gasteiger partial charge in [0.1, 0.15) is 0 Å². The maximum absolute atomic E-state index is 11.8. The van der Waals surface area contributed by atoms with E-state index in [1.54, 1.807) is 0 Å². The molecule has 0 atom stereocenters. The largest absolute Gasteiger partial charge is 0.663 e. The Hall–Kier alpha value is -0.293. The van der Waals surface area contributed by atoms with E-state index in [1.807, 2.05) is 0 Å². The lowest BCUT2D eigenvalue weighted by atomic mass is 10.7. The molecule has 0 N–H and O–H groups in total. The minimum atomic E-state index is -5.46. The van der Waals surface area contributed by atoms with Crippen LogP contribution in [-0.4, -0.2) is 9.08 Å². The van der Waals surface area contributed by atoms with Gasteiger partial charge in [0.2, 0.25) is 0 Å². The number of hydrogen-bond acceptors (Lipinski definition) is 1. The van der Waals surface area contributed by atoms with Crippen molar-refractivity contribution in [3.05, 3.63) is 17.5 Å². The van der Waals surface area contributed by atoms with Crippen molar-refractivity contribution >= 4 is 24.9 Å². The van der Waals surface area contributed by atoms with Crippen molar-refractivity contribution in [2.24, 2.45) is 0 Å². The smallest absolute Gasteiger partial charge is 0.234 e. The Kier molecular flexibility index (Phi) is 1.63. The van der Waals surface area contributed by atoms with Crippen LogP contribution in [0.5, 0.6) is 0 Å². The summed E-state index contributed by atoms with van der Waals surface area (Å²) in [5.41, 5.74) is 0. The third kappa shape index (κ3) is 1.55. The predicted molar refractivity (Wildman–Crippen MR) is 33.0 cm³/mol. The molecular weight excluding hydrogens is 165 g/mol. The van der Waals surface area contributed by atoms with Gasteiger partial charge in [0, 0.05) is 0 Å². The molecule has 0 radical (unpaired) electrons. The first-order valence-electron chi connectivity index (χ1n) is 2.21. The topological polar surface area (TPSA) is 0 Å². The molecule has 9 heavy (non-hydrogen) atoms. The van der Waals surface area contributed by atoms with E-state index in [4.69, 9.17) is 0 Å². The van der Waals surface area contributed by atoms with Crippen LogP contribution in [0.3, 0.4) is 0 Å². The molecular formula is C4H3F3SSi. The Morgan fingerprint density at radius 3 is 2.22 bits per heavy atom. The quantitative estimate of drug-likeness (QED) is 0.443. The van der Waals surface area contributed by atoms with Gasteiger partial charge in [0.05, 0.1) is 4.50 Å². The highest BCUT2D eigenvalue weighted by atomic mass is 32.1. The summed E-state index contributed by atoms with van der Waals surface area (Å²) in [5.74, 6) is 0. The second-order valence-electron chi connectivity index (χ2n) is 1.48. The molecule has 50 valence electrons. The van der Waals surface area contributed by atoms with Gasteiger partial charge in [0.15, 0.2) is 0 Å². The van der Waals surface area contributed by atoms with Crippen molar-refractivity contribution in [3.63, 3.8) is 0 Å². The van der Waals surface area contributed by atoms with E-state index < -0.39 is 13.6 Å². The predicted octanol–water partition coefficient (Wildman–Crippen LogP) is 1.80. The number of thiophene rings is 1. The molecule has 0 aliphatic carbocycles. The Morgan fingerprint density at radius 1 is 1.33 bits per heavy atom. The van der Waals surface area contributed by atoms with Crippen molar-refractivity contribution in [2.75, 3.05) is 0 Å². The lowest BCUT2D eigenvalue weighted by Gasteiger charge is -1.94. The second kappa shape index (κ2) is 2.15. The van der Waals surface area contributed by atoms with Crippen LogP contribution >= 0.6 is 11.3 Å². The molecule has 1 aromatic heterocycles. The molecule has 0 aliphatic rings. The fraction of sp³-hybridized carbons (Fsp3) is 0. The highest BCUT2D eigenvalue weighted by Gasteiger charge is 2.40.